The van der Waals surface area contributed by atoms with Gasteiger partial charge in [-0.2, -0.15) is 0 Å². The van der Waals surface area contributed by atoms with Crippen LogP contribution in [0.15, 0.2) is 18.2 Å². The van der Waals surface area contributed by atoms with Gasteiger partial charge in [-0.05, 0) is 63.0 Å². The van der Waals surface area contributed by atoms with E-state index in [4.69, 9.17) is 0 Å². The average molecular weight is 288 g/mol. The standard InChI is InChI=1S/C18H28N2O/c1-20(2)18(10-4-3-5-11-18)13-19-17-9-6-14-12-15(21)7-8-16(14)17/h7-8,12,17,19,21H,3-6,9-11,13H2,1-2H3. The SMILES string of the molecule is CN(C)C1(CNC2CCc3cc(O)ccc32)CCCCC1. The molecule has 3 heteroatoms. The first-order valence-electron chi connectivity index (χ1n) is 8.33. The van der Waals surface area contributed by atoms with Gasteiger partial charge in [0.25, 0.3) is 0 Å². The second kappa shape index (κ2) is 5.98. The fraction of sp³-hybridized carbons (Fsp3) is 0.667. The van der Waals surface area contributed by atoms with Gasteiger partial charge < -0.3 is 15.3 Å². The predicted molar refractivity (Wildman–Crippen MR) is 86.7 cm³/mol. The Morgan fingerprint density at radius 2 is 2.00 bits per heavy atom. The summed E-state index contributed by atoms with van der Waals surface area (Å²) in [4.78, 5) is 2.44. The van der Waals surface area contributed by atoms with E-state index >= 15 is 0 Å². The second-order valence-electron chi connectivity index (χ2n) is 7.03. The first-order valence-corrected chi connectivity index (χ1v) is 8.33. The molecule has 1 aromatic rings. The Kier molecular flexibility index (Phi) is 4.23. The van der Waals surface area contributed by atoms with Crippen LogP contribution in [0.25, 0.3) is 0 Å². The molecule has 3 rings (SSSR count). The molecule has 1 fully saturated rings. The lowest BCUT2D eigenvalue weighted by Gasteiger charge is -2.44. The van der Waals surface area contributed by atoms with E-state index < -0.39 is 0 Å². The molecule has 1 atom stereocenters. The van der Waals surface area contributed by atoms with Crippen molar-refractivity contribution < 1.29 is 5.11 Å². The van der Waals surface area contributed by atoms with Gasteiger partial charge in [-0.15, -0.1) is 0 Å². The minimum atomic E-state index is 0.331. The van der Waals surface area contributed by atoms with Gasteiger partial charge in [-0.1, -0.05) is 25.3 Å². The zero-order chi connectivity index (χ0) is 14.9. The molecule has 0 aliphatic heterocycles. The summed E-state index contributed by atoms with van der Waals surface area (Å²) in [6.45, 7) is 1.07. The van der Waals surface area contributed by atoms with Crippen molar-refractivity contribution in [1.29, 1.82) is 0 Å². The summed E-state index contributed by atoms with van der Waals surface area (Å²) >= 11 is 0. The van der Waals surface area contributed by atoms with E-state index in [2.05, 4.69) is 30.4 Å². The summed E-state index contributed by atoms with van der Waals surface area (Å²) in [5, 5.41) is 13.4. The van der Waals surface area contributed by atoms with Crippen molar-refractivity contribution in [1.82, 2.24) is 10.2 Å². The quantitative estimate of drug-likeness (QED) is 0.893. The number of fused-ring (bicyclic) bond motifs is 1. The summed E-state index contributed by atoms with van der Waals surface area (Å²) in [6.07, 6.45) is 8.95. The van der Waals surface area contributed by atoms with E-state index in [9.17, 15) is 5.11 Å². The molecule has 2 aliphatic carbocycles. The monoisotopic (exact) mass is 288 g/mol. The average Bonchev–Trinajstić information content (AvgIpc) is 2.88. The number of phenols is 1. The van der Waals surface area contributed by atoms with E-state index in [0.29, 0.717) is 17.3 Å². The highest BCUT2D eigenvalue weighted by Crippen LogP contribution is 2.36. The Bertz CT molecular complexity index is 492. The van der Waals surface area contributed by atoms with Crippen LogP contribution < -0.4 is 5.32 Å². The van der Waals surface area contributed by atoms with Gasteiger partial charge in [0, 0.05) is 18.1 Å². The van der Waals surface area contributed by atoms with Crippen molar-refractivity contribution in [2.75, 3.05) is 20.6 Å². The van der Waals surface area contributed by atoms with Crippen LogP contribution in [0.1, 0.15) is 55.7 Å². The minimum Gasteiger partial charge on any atom is -0.508 e. The first kappa shape index (κ1) is 14.9. The molecule has 0 spiro atoms. The number of nitrogens with zero attached hydrogens (tertiary/aromatic N) is 1. The molecule has 1 unspecified atom stereocenters. The summed E-state index contributed by atoms with van der Waals surface area (Å²) in [5.74, 6) is 0.395. The number of likely N-dealkylation sites (N-methyl/N-ethyl adjacent to an activating group) is 1. The van der Waals surface area contributed by atoms with Gasteiger partial charge in [0.15, 0.2) is 0 Å². The molecule has 1 aromatic carbocycles. The highest BCUT2D eigenvalue weighted by atomic mass is 16.3. The number of hydrogen-bond donors (Lipinski definition) is 2. The zero-order valence-electron chi connectivity index (χ0n) is 13.4. The van der Waals surface area contributed by atoms with Gasteiger partial charge in [0.05, 0.1) is 0 Å². The lowest BCUT2D eigenvalue weighted by molar-refractivity contribution is 0.0951. The van der Waals surface area contributed by atoms with Crippen LogP contribution >= 0.6 is 0 Å². The van der Waals surface area contributed by atoms with Gasteiger partial charge in [-0.25, -0.2) is 0 Å². The van der Waals surface area contributed by atoms with Crippen LogP contribution in [0.4, 0.5) is 0 Å². The third-order valence-electron chi connectivity index (χ3n) is 5.61. The molecule has 3 nitrogen and oxygen atoms in total. The van der Waals surface area contributed by atoms with E-state index in [1.54, 1.807) is 0 Å². The molecular formula is C18H28N2O. The third-order valence-corrected chi connectivity index (χ3v) is 5.61. The number of rotatable bonds is 4. The van der Waals surface area contributed by atoms with Crippen molar-refractivity contribution in [2.45, 2.75) is 56.5 Å². The van der Waals surface area contributed by atoms with Crippen molar-refractivity contribution >= 4 is 0 Å². The Labute approximate surface area is 128 Å². The van der Waals surface area contributed by atoms with Crippen LogP contribution in [-0.4, -0.2) is 36.2 Å². The van der Waals surface area contributed by atoms with Crippen LogP contribution in [0, 0.1) is 0 Å². The topological polar surface area (TPSA) is 35.5 Å². The summed E-state index contributed by atoms with van der Waals surface area (Å²) < 4.78 is 0. The largest absolute Gasteiger partial charge is 0.508 e. The van der Waals surface area contributed by atoms with E-state index in [1.165, 1.54) is 43.2 Å². The molecule has 0 saturated heterocycles. The van der Waals surface area contributed by atoms with Crippen molar-refractivity contribution in [3.63, 3.8) is 0 Å². The molecular weight excluding hydrogens is 260 g/mol. The van der Waals surface area contributed by atoms with Crippen LogP contribution in [0.3, 0.4) is 0 Å². The lowest BCUT2D eigenvalue weighted by atomic mass is 9.80. The number of aromatic hydroxyl groups is 1. The Balaban J connectivity index is 1.68. The maximum absolute atomic E-state index is 9.60. The molecule has 0 aromatic heterocycles. The summed E-state index contributed by atoms with van der Waals surface area (Å²) in [5.41, 5.74) is 3.03. The normalized spacial score (nSPS) is 24.2. The van der Waals surface area contributed by atoms with Gasteiger partial charge in [0.2, 0.25) is 0 Å². The number of hydrogen-bond acceptors (Lipinski definition) is 3. The molecule has 1 saturated carbocycles. The molecule has 0 radical (unpaired) electrons. The predicted octanol–water partition coefficient (Wildman–Crippen LogP) is 3.23. The van der Waals surface area contributed by atoms with Gasteiger partial charge in [-0.3, -0.25) is 0 Å². The maximum Gasteiger partial charge on any atom is 0.115 e. The van der Waals surface area contributed by atoms with E-state index in [0.717, 1.165) is 19.4 Å². The molecule has 2 aliphatic rings. The number of nitrogens with one attached hydrogen (secondary N) is 1. The Hall–Kier alpha value is -1.06. The lowest BCUT2D eigenvalue weighted by Crippen LogP contribution is -2.53. The van der Waals surface area contributed by atoms with E-state index in [-0.39, 0.29) is 0 Å². The van der Waals surface area contributed by atoms with E-state index in [1.807, 2.05) is 12.1 Å². The third kappa shape index (κ3) is 2.95. The fourth-order valence-corrected chi connectivity index (χ4v) is 4.12. The molecule has 21 heavy (non-hydrogen) atoms. The fourth-order valence-electron chi connectivity index (χ4n) is 4.12. The minimum absolute atomic E-state index is 0.331. The first-order chi connectivity index (χ1) is 10.1. The highest BCUT2D eigenvalue weighted by Gasteiger charge is 2.35. The molecule has 0 bridgehead atoms. The van der Waals surface area contributed by atoms with Crippen molar-refractivity contribution in [3.05, 3.63) is 29.3 Å². The summed E-state index contributed by atoms with van der Waals surface area (Å²) in [6, 6.07) is 6.30. The van der Waals surface area contributed by atoms with Crippen molar-refractivity contribution in [2.24, 2.45) is 0 Å². The highest BCUT2D eigenvalue weighted by molar-refractivity contribution is 5.40. The molecule has 0 heterocycles. The Morgan fingerprint density at radius 1 is 1.24 bits per heavy atom. The van der Waals surface area contributed by atoms with Gasteiger partial charge >= 0.3 is 0 Å². The summed E-state index contributed by atoms with van der Waals surface area (Å²) in [7, 11) is 4.46. The smallest absolute Gasteiger partial charge is 0.115 e. The van der Waals surface area contributed by atoms with Crippen LogP contribution in [0.5, 0.6) is 5.75 Å². The second-order valence-corrected chi connectivity index (χ2v) is 7.03. The van der Waals surface area contributed by atoms with Gasteiger partial charge in [0.1, 0.15) is 5.75 Å². The Morgan fingerprint density at radius 3 is 2.71 bits per heavy atom. The van der Waals surface area contributed by atoms with Crippen LogP contribution in [-0.2, 0) is 6.42 Å². The number of benzene rings is 1. The van der Waals surface area contributed by atoms with Crippen LogP contribution in [0.2, 0.25) is 0 Å². The molecule has 2 N–H and O–H groups in total. The number of aryl methyl sites for hydroxylation is 1. The molecule has 0 amide bonds. The van der Waals surface area contributed by atoms with Crippen molar-refractivity contribution in [3.8, 4) is 5.75 Å². The molecule has 116 valence electrons. The zero-order valence-corrected chi connectivity index (χ0v) is 13.4. The number of phenolic OH excluding ortho intramolecular Hbond substituents is 1. The maximum atomic E-state index is 9.60.